The molecule has 0 bridgehead atoms. The minimum Gasteiger partial charge on any atom is -0.339 e. The summed E-state index contributed by atoms with van der Waals surface area (Å²) in [4.78, 5) is 33.6. The quantitative estimate of drug-likeness (QED) is 0.402. The minimum absolute atomic E-state index is 0.210. The van der Waals surface area contributed by atoms with Gasteiger partial charge in [0.2, 0.25) is 0 Å². The number of rotatable bonds is 6. The highest BCUT2D eigenvalue weighted by atomic mass is 16.2. The summed E-state index contributed by atoms with van der Waals surface area (Å²) in [5.41, 5.74) is 6.56. The van der Waals surface area contributed by atoms with Gasteiger partial charge in [-0.25, -0.2) is 14.5 Å². The third-order valence-corrected chi connectivity index (χ3v) is 5.32. The van der Waals surface area contributed by atoms with Crippen molar-refractivity contribution in [2.75, 3.05) is 0 Å². The zero-order valence-electron chi connectivity index (χ0n) is 18.8. The molecule has 0 aliphatic heterocycles. The van der Waals surface area contributed by atoms with Crippen LogP contribution in [0, 0.1) is 6.92 Å². The van der Waals surface area contributed by atoms with E-state index < -0.39 is 0 Å². The topological polar surface area (TPSA) is 118 Å². The molecular formula is C25H23N7O2. The van der Waals surface area contributed by atoms with Crippen LogP contribution in [0.1, 0.15) is 30.0 Å². The van der Waals surface area contributed by atoms with Crippen LogP contribution >= 0.6 is 0 Å². The van der Waals surface area contributed by atoms with E-state index in [1.807, 2.05) is 49.5 Å². The number of fused-ring (bicyclic) bond motifs is 1. The maximum atomic E-state index is 8.12. The molecule has 4 heterocycles. The summed E-state index contributed by atoms with van der Waals surface area (Å²) < 4.78 is 1.76. The van der Waals surface area contributed by atoms with E-state index >= 15 is 0 Å². The first-order chi connectivity index (χ1) is 16.6. The van der Waals surface area contributed by atoms with Crippen molar-refractivity contribution in [2.24, 2.45) is 0 Å². The molecule has 0 saturated carbocycles. The first kappa shape index (κ1) is 22.7. The van der Waals surface area contributed by atoms with Crippen molar-refractivity contribution < 1.29 is 9.59 Å². The van der Waals surface area contributed by atoms with E-state index in [1.165, 1.54) is 5.56 Å². The SMILES string of the molecule is Cc1cccc(-c2[nH]c(CN[C@@H](C)c3ccccc3)nc2-c2ccc3ncnn3c2)n1.O=C=O. The number of imidazole rings is 1. The summed E-state index contributed by atoms with van der Waals surface area (Å²) in [5.74, 6) is 0.856. The summed E-state index contributed by atoms with van der Waals surface area (Å²) in [7, 11) is 0. The van der Waals surface area contributed by atoms with Gasteiger partial charge in [0.25, 0.3) is 0 Å². The molecule has 9 nitrogen and oxygen atoms in total. The molecule has 0 spiro atoms. The number of aromatic amines is 1. The Labute approximate surface area is 195 Å². The second kappa shape index (κ2) is 10.4. The zero-order valence-corrected chi connectivity index (χ0v) is 18.8. The largest absolute Gasteiger partial charge is 0.373 e. The third kappa shape index (κ3) is 5.12. The number of H-pyrrole nitrogens is 1. The van der Waals surface area contributed by atoms with Crippen LogP contribution in [-0.4, -0.2) is 35.7 Å². The maximum absolute atomic E-state index is 8.12. The fourth-order valence-corrected chi connectivity index (χ4v) is 3.65. The number of nitrogens with one attached hydrogen (secondary N) is 2. The highest BCUT2D eigenvalue weighted by Crippen LogP contribution is 2.29. The fourth-order valence-electron chi connectivity index (χ4n) is 3.65. The fraction of sp³-hybridized carbons (Fsp3) is 0.160. The molecule has 9 heteroatoms. The smallest absolute Gasteiger partial charge is 0.339 e. The Morgan fingerprint density at radius 2 is 1.82 bits per heavy atom. The van der Waals surface area contributed by atoms with Crippen molar-refractivity contribution in [3.05, 3.63) is 90.3 Å². The molecule has 34 heavy (non-hydrogen) atoms. The van der Waals surface area contributed by atoms with Crippen molar-refractivity contribution in [3.63, 3.8) is 0 Å². The van der Waals surface area contributed by atoms with E-state index in [-0.39, 0.29) is 12.2 Å². The molecule has 0 fully saturated rings. The summed E-state index contributed by atoms with van der Waals surface area (Å²) in [5, 5.41) is 7.81. The highest BCUT2D eigenvalue weighted by molar-refractivity contribution is 5.77. The van der Waals surface area contributed by atoms with E-state index in [2.05, 4.69) is 51.6 Å². The molecule has 0 aliphatic rings. The summed E-state index contributed by atoms with van der Waals surface area (Å²) in [6.45, 7) is 4.76. The Kier molecular flexibility index (Phi) is 6.98. The molecule has 0 radical (unpaired) electrons. The number of pyridine rings is 2. The lowest BCUT2D eigenvalue weighted by Gasteiger charge is -2.12. The number of aromatic nitrogens is 6. The zero-order chi connectivity index (χ0) is 23.9. The molecule has 4 aromatic heterocycles. The molecule has 0 saturated heterocycles. The van der Waals surface area contributed by atoms with Crippen LogP contribution < -0.4 is 5.32 Å². The average Bonchev–Trinajstić information content (AvgIpc) is 3.50. The Balaban J connectivity index is 0.000000868. The number of benzene rings is 1. The average molecular weight is 454 g/mol. The van der Waals surface area contributed by atoms with Crippen molar-refractivity contribution in [3.8, 4) is 22.6 Å². The second-order valence-corrected chi connectivity index (χ2v) is 7.65. The predicted molar refractivity (Wildman–Crippen MR) is 125 cm³/mol. The molecule has 0 aliphatic carbocycles. The molecule has 5 aromatic rings. The van der Waals surface area contributed by atoms with Crippen LogP contribution in [-0.2, 0) is 16.1 Å². The van der Waals surface area contributed by atoms with Gasteiger partial charge >= 0.3 is 6.15 Å². The van der Waals surface area contributed by atoms with Crippen LogP contribution in [0.5, 0.6) is 0 Å². The standard InChI is InChI=1S/C24H23N7.CO2/c1-16-7-6-10-20(28-16)24-23(19-11-12-22-26-15-27-31(22)14-19)29-21(30-24)13-25-17(2)18-8-4-3-5-9-18;2-1-3/h3-12,14-15,17,25H,13H2,1-2H3,(H,29,30);/t17-;/m0./s1. The first-order valence-corrected chi connectivity index (χ1v) is 10.7. The van der Waals surface area contributed by atoms with E-state index in [0.29, 0.717) is 6.54 Å². The van der Waals surface area contributed by atoms with Gasteiger partial charge in [-0.1, -0.05) is 36.4 Å². The van der Waals surface area contributed by atoms with Gasteiger partial charge in [0.05, 0.1) is 23.6 Å². The van der Waals surface area contributed by atoms with Gasteiger partial charge in [-0.15, -0.1) is 0 Å². The highest BCUT2D eigenvalue weighted by Gasteiger charge is 2.17. The molecule has 1 aromatic carbocycles. The van der Waals surface area contributed by atoms with Crippen molar-refractivity contribution in [2.45, 2.75) is 26.4 Å². The maximum Gasteiger partial charge on any atom is 0.373 e. The van der Waals surface area contributed by atoms with E-state index in [4.69, 9.17) is 19.6 Å². The van der Waals surface area contributed by atoms with Crippen LogP contribution in [0.15, 0.2) is 73.2 Å². The number of hydrogen-bond donors (Lipinski definition) is 2. The van der Waals surface area contributed by atoms with Crippen LogP contribution in [0.25, 0.3) is 28.3 Å². The first-order valence-electron chi connectivity index (χ1n) is 10.7. The lowest BCUT2D eigenvalue weighted by Crippen LogP contribution is -2.18. The Bertz CT molecular complexity index is 1420. The molecule has 170 valence electrons. The number of hydrogen-bond acceptors (Lipinski definition) is 7. The van der Waals surface area contributed by atoms with Gasteiger partial charge in [0, 0.05) is 23.5 Å². The van der Waals surface area contributed by atoms with Crippen LogP contribution in [0.2, 0.25) is 0 Å². The summed E-state index contributed by atoms with van der Waals surface area (Å²) in [6, 6.07) is 20.6. The van der Waals surface area contributed by atoms with Gasteiger partial charge < -0.3 is 10.3 Å². The van der Waals surface area contributed by atoms with Crippen molar-refractivity contribution in [1.29, 1.82) is 0 Å². The van der Waals surface area contributed by atoms with Crippen molar-refractivity contribution >= 4 is 11.8 Å². The molecule has 0 unspecified atom stereocenters. The lowest BCUT2D eigenvalue weighted by atomic mass is 10.1. The minimum atomic E-state index is 0.210. The molecule has 1 atom stereocenters. The normalized spacial score (nSPS) is 11.5. The van der Waals surface area contributed by atoms with E-state index in [9.17, 15) is 0 Å². The van der Waals surface area contributed by atoms with Gasteiger partial charge in [-0.3, -0.25) is 4.98 Å². The van der Waals surface area contributed by atoms with Crippen molar-refractivity contribution in [1.82, 2.24) is 34.9 Å². The van der Waals surface area contributed by atoms with E-state index in [0.717, 1.165) is 39.8 Å². The number of aryl methyl sites for hydroxylation is 1. The number of carbonyl (C=O) groups excluding carboxylic acids is 2. The molecular weight excluding hydrogens is 430 g/mol. The van der Waals surface area contributed by atoms with Gasteiger partial charge in [-0.2, -0.15) is 14.7 Å². The summed E-state index contributed by atoms with van der Waals surface area (Å²) in [6.07, 6.45) is 3.74. The van der Waals surface area contributed by atoms with Gasteiger partial charge in [0.1, 0.15) is 12.2 Å². The van der Waals surface area contributed by atoms with E-state index in [1.54, 1.807) is 10.8 Å². The second-order valence-electron chi connectivity index (χ2n) is 7.65. The Morgan fingerprint density at radius 3 is 2.59 bits per heavy atom. The molecule has 5 rings (SSSR count). The monoisotopic (exact) mass is 453 g/mol. The van der Waals surface area contributed by atoms with Gasteiger partial charge in [-0.05, 0) is 43.7 Å². The molecule has 2 N–H and O–H groups in total. The number of nitrogens with zero attached hydrogens (tertiary/aromatic N) is 5. The third-order valence-electron chi connectivity index (χ3n) is 5.32. The molecule has 0 amide bonds. The van der Waals surface area contributed by atoms with Crippen LogP contribution in [0.3, 0.4) is 0 Å². The summed E-state index contributed by atoms with van der Waals surface area (Å²) >= 11 is 0. The van der Waals surface area contributed by atoms with Gasteiger partial charge in [0.15, 0.2) is 5.65 Å². The Hall–Kier alpha value is -4.46. The Morgan fingerprint density at radius 1 is 1.03 bits per heavy atom. The van der Waals surface area contributed by atoms with Crippen LogP contribution in [0.4, 0.5) is 0 Å². The lowest BCUT2D eigenvalue weighted by molar-refractivity contribution is -0.191. The predicted octanol–water partition coefficient (Wildman–Crippen LogP) is 3.76.